The van der Waals surface area contributed by atoms with Crippen molar-refractivity contribution in [2.75, 3.05) is 37.6 Å². The molecule has 2 fully saturated rings. The van der Waals surface area contributed by atoms with Crippen molar-refractivity contribution in [1.29, 1.82) is 0 Å². The molecule has 4 rings (SSSR count). The topological polar surface area (TPSA) is 61.4 Å². The van der Waals surface area contributed by atoms with Crippen molar-refractivity contribution in [3.8, 4) is 0 Å². The Morgan fingerprint density at radius 3 is 2.55 bits per heavy atom. The van der Waals surface area contributed by atoms with E-state index in [1.807, 2.05) is 31.2 Å². The summed E-state index contributed by atoms with van der Waals surface area (Å²) in [6, 6.07) is 9.98. The molecule has 2 aromatic rings. The number of aromatic nitrogens is 2. The van der Waals surface area contributed by atoms with Crippen molar-refractivity contribution in [1.82, 2.24) is 20.2 Å². The lowest BCUT2D eigenvalue weighted by Crippen LogP contribution is -2.43. The van der Waals surface area contributed by atoms with Gasteiger partial charge >= 0.3 is 0 Å². The van der Waals surface area contributed by atoms with Gasteiger partial charge in [-0.3, -0.25) is 9.69 Å². The number of rotatable bonds is 6. The van der Waals surface area contributed by atoms with Crippen LogP contribution in [0.25, 0.3) is 0 Å². The second-order valence-electron chi connectivity index (χ2n) is 8.82. The van der Waals surface area contributed by atoms with Crippen LogP contribution < -0.4 is 10.2 Å². The number of carbonyl (C=O) groups is 1. The lowest BCUT2D eigenvalue weighted by molar-refractivity contribution is -0.125. The lowest BCUT2D eigenvalue weighted by Gasteiger charge is -2.33. The highest BCUT2D eigenvalue weighted by Gasteiger charge is 2.27. The first kappa shape index (κ1) is 22.0. The summed E-state index contributed by atoms with van der Waals surface area (Å²) in [6.45, 7) is 7.46. The second kappa shape index (κ2) is 10.4. The molecule has 166 valence electrons. The van der Waals surface area contributed by atoms with Crippen molar-refractivity contribution >= 4 is 23.5 Å². The molecule has 2 aliphatic rings. The molecule has 1 aromatic carbocycles. The first-order chi connectivity index (χ1) is 15.1. The van der Waals surface area contributed by atoms with Crippen LogP contribution in [0, 0.1) is 18.8 Å². The molecule has 2 aliphatic heterocycles. The number of anilines is 1. The number of likely N-dealkylation sites (tertiary alicyclic amines) is 1. The van der Waals surface area contributed by atoms with E-state index in [0.717, 1.165) is 81.6 Å². The van der Waals surface area contributed by atoms with Gasteiger partial charge in [0.1, 0.15) is 0 Å². The van der Waals surface area contributed by atoms with E-state index in [2.05, 4.69) is 31.2 Å². The van der Waals surface area contributed by atoms with E-state index in [1.54, 1.807) is 6.20 Å². The summed E-state index contributed by atoms with van der Waals surface area (Å²) in [5, 5.41) is 4.08. The van der Waals surface area contributed by atoms with Crippen LogP contribution in [-0.4, -0.2) is 53.5 Å². The molecule has 1 amide bonds. The summed E-state index contributed by atoms with van der Waals surface area (Å²) in [4.78, 5) is 26.2. The van der Waals surface area contributed by atoms with E-state index in [1.165, 1.54) is 5.56 Å². The van der Waals surface area contributed by atoms with Gasteiger partial charge in [-0.2, -0.15) is 0 Å². The molecule has 0 atom stereocenters. The molecule has 6 nitrogen and oxygen atoms in total. The largest absolute Gasteiger partial charge is 0.356 e. The van der Waals surface area contributed by atoms with E-state index < -0.39 is 0 Å². The Labute approximate surface area is 190 Å². The fourth-order valence-electron chi connectivity index (χ4n) is 4.54. The first-order valence-corrected chi connectivity index (χ1v) is 11.7. The molecule has 3 heterocycles. The van der Waals surface area contributed by atoms with Gasteiger partial charge in [-0.15, -0.1) is 0 Å². The van der Waals surface area contributed by atoms with Gasteiger partial charge in [0.15, 0.2) is 0 Å². The quantitative estimate of drug-likeness (QED) is 0.740. The number of halogens is 1. The molecule has 0 saturated carbocycles. The monoisotopic (exact) mass is 441 g/mol. The van der Waals surface area contributed by atoms with Gasteiger partial charge in [-0.25, -0.2) is 9.97 Å². The SMILES string of the molecule is Cc1ccnc(N2CCC(C(=O)NCC3CCN(Cc4ccccc4Cl)CC3)CC2)n1. The first-order valence-electron chi connectivity index (χ1n) is 11.4. The average Bonchev–Trinajstić information content (AvgIpc) is 2.80. The average molecular weight is 442 g/mol. The van der Waals surface area contributed by atoms with Gasteiger partial charge < -0.3 is 10.2 Å². The number of amides is 1. The normalized spacial score (nSPS) is 18.8. The summed E-state index contributed by atoms with van der Waals surface area (Å²) < 4.78 is 0. The van der Waals surface area contributed by atoms with Crippen LogP contribution in [0.2, 0.25) is 5.02 Å². The number of piperidine rings is 2. The summed E-state index contributed by atoms with van der Waals surface area (Å²) in [5.41, 5.74) is 2.17. The molecule has 31 heavy (non-hydrogen) atoms. The molecular weight excluding hydrogens is 410 g/mol. The number of benzene rings is 1. The maximum atomic E-state index is 12.7. The molecule has 1 aromatic heterocycles. The van der Waals surface area contributed by atoms with Gasteiger partial charge in [-0.1, -0.05) is 29.8 Å². The van der Waals surface area contributed by atoms with Crippen LogP contribution in [0.3, 0.4) is 0 Å². The van der Waals surface area contributed by atoms with E-state index in [0.29, 0.717) is 5.92 Å². The molecule has 1 N–H and O–H groups in total. The minimum absolute atomic E-state index is 0.0985. The maximum absolute atomic E-state index is 12.7. The molecular formula is C24H32ClN5O. The number of aryl methyl sites for hydroxylation is 1. The Morgan fingerprint density at radius 1 is 1.10 bits per heavy atom. The third-order valence-electron chi connectivity index (χ3n) is 6.55. The summed E-state index contributed by atoms with van der Waals surface area (Å²) in [7, 11) is 0. The van der Waals surface area contributed by atoms with Gasteiger partial charge in [-0.05, 0) is 69.3 Å². The lowest BCUT2D eigenvalue weighted by atomic mass is 9.94. The molecule has 0 bridgehead atoms. The summed E-state index contributed by atoms with van der Waals surface area (Å²) in [6.07, 6.45) is 5.76. The van der Waals surface area contributed by atoms with E-state index in [4.69, 9.17) is 11.6 Å². The highest BCUT2D eigenvalue weighted by atomic mass is 35.5. The zero-order chi connectivity index (χ0) is 21.6. The molecule has 7 heteroatoms. The van der Waals surface area contributed by atoms with Crippen molar-refractivity contribution in [3.05, 3.63) is 52.8 Å². The Hall–Kier alpha value is -2.18. The minimum Gasteiger partial charge on any atom is -0.356 e. The Bertz CT molecular complexity index is 876. The zero-order valence-corrected chi connectivity index (χ0v) is 19.0. The second-order valence-corrected chi connectivity index (χ2v) is 9.22. The molecule has 0 spiro atoms. The smallest absolute Gasteiger partial charge is 0.225 e. The Morgan fingerprint density at radius 2 is 1.84 bits per heavy atom. The van der Waals surface area contributed by atoms with Crippen LogP contribution in [0.1, 0.15) is 36.9 Å². The minimum atomic E-state index is 0.0985. The van der Waals surface area contributed by atoms with Crippen molar-refractivity contribution in [2.45, 2.75) is 39.2 Å². The number of hydrogen-bond donors (Lipinski definition) is 1. The maximum Gasteiger partial charge on any atom is 0.225 e. The third-order valence-corrected chi connectivity index (χ3v) is 6.92. The highest BCUT2D eigenvalue weighted by Crippen LogP contribution is 2.23. The Kier molecular flexibility index (Phi) is 7.41. The van der Waals surface area contributed by atoms with Crippen LogP contribution in [-0.2, 0) is 11.3 Å². The number of hydrogen-bond acceptors (Lipinski definition) is 5. The van der Waals surface area contributed by atoms with Gasteiger partial charge in [0.2, 0.25) is 11.9 Å². The predicted molar refractivity (Wildman–Crippen MR) is 124 cm³/mol. The zero-order valence-electron chi connectivity index (χ0n) is 18.3. The van der Waals surface area contributed by atoms with Crippen molar-refractivity contribution < 1.29 is 4.79 Å². The summed E-state index contributed by atoms with van der Waals surface area (Å²) in [5.74, 6) is 1.65. The van der Waals surface area contributed by atoms with Gasteiger partial charge in [0, 0.05) is 49.0 Å². The van der Waals surface area contributed by atoms with Gasteiger partial charge in [0.05, 0.1) is 0 Å². The van der Waals surface area contributed by atoms with Crippen molar-refractivity contribution in [2.24, 2.45) is 11.8 Å². The van der Waals surface area contributed by atoms with Crippen LogP contribution in [0.5, 0.6) is 0 Å². The molecule has 2 saturated heterocycles. The fraction of sp³-hybridized carbons (Fsp3) is 0.542. The van der Waals surface area contributed by atoms with Crippen molar-refractivity contribution in [3.63, 3.8) is 0 Å². The molecule has 0 aliphatic carbocycles. The standard InChI is InChI=1S/C24H32ClN5O/c1-18-6-11-26-24(28-18)30-14-9-20(10-15-30)23(31)27-16-19-7-12-29(13-8-19)17-21-4-2-3-5-22(21)25/h2-6,11,19-20H,7-10,12-17H2,1H3,(H,27,31). The van der Waals surface area contributed by atoms with E-state index in [9.17, 15) is 4.79 Å². The van der Waals surface area contributed by atoms with Gasteiger partial charge in [0.25, 0.3) is 0 Å². The number of carbonyl (C=O) groups excluding carboxylic acids is 1. The predicted octanol–water partition coefficient (Wildman–Crippen LogP) is 3.68. The third kappa shape index (κ3) is 5.95. The van der Waals surface area contributed by atoms with Crippen LogP contribution in [0.4, 0.5) is 5.95 Å². The number of nitrogens with zero attached hydrogens (tertiary/aromatic N) is 4. The van der Waals surface area contributed by atoms with Crippen LogP contribution >= 0.6 is 11.6 Å². The summed E-state index contributed by atoms with van der Waals surface area (Å²) >= 11 is 6.30. The number of nitrogens with one attached hydrogen (secondary N) is 1. The Balaban J connectivity index is 1.16. The molecule has 0 unspecified atom stereocenters. The fourth-order valence-corrected chi connectivity index (χ4v) is 4.73. The van der Waals surface area contributed by atoms with Crippen LogP contribution in [0.15, 0.2) is 36.5 Å². The van der Waals surface area contributed by atoms with E-state index >= 15 is 0 Å². The van der Waals surface area contributed by atoms with E-state index in [-0.39, 0.29) is 11.8 Å². The molecule has 0 radical (unpaired) electrons. The highest BCUT2D eigenvalue weighted by molar-refractivity contribution is 6.31.